The van der Waals surface area contributed by atoms with E-state index in [0.29, 0.717) is 22.6 Å². The third-order valence-corrected chi connectivity index (χ3v) is 5.30. The fourth-order valence-electron chi connectivity index (χ4n) is 3.77. The second-order valence-corrected chi connectivity index (χ2v) is 7.15. The molecule has 0 atom stereocenters. The minimum absolute atomic E-state index is 0.243. The van der Waals surface area contributed by atoms with E-state index in [-0.39, 0.29) is 12.4 Å². The van der Waals surface area contributed by atoms with Crippen molar-refractivity contribution in [3.63, 3.8) is 0 Å². The molecule has 3 aromatic carbocycles. The number of ketones is 1. The Bertz CT molecular complexity index is 1180. The zero-order chi connectivity index (χ0) is 21.8. The van der Waals surface area contributed by atoms with E-state index < -0.39 is 5.97 Å². The number of esters is 1. The highest BCUT2D eigenvalue weighted by Gasteiger charge is 2.19. The van der Waals surface area contributed by atoms with Gasteiger partial charge < -0.3 is 14.2 Å². The molecule has 0 spiro atoms. The molecule has 0 unspecified atom stereocenters. The van der Waals surface area contributed by atoms with Gasteiger partial charge in [0.2, 0.25) is 0 Å². The molecule has 0 heterocycles. The lowest BCUT2D eigenvalue weighted by atomic mass is 10.0. The molecule has 0 saturated heterocycles. The monoisotopic (exact) mass is 414 g/mol. The van der Waals surface area contributed by atoms with Gasteiger partial charge >= 0.3 is 5.97 Å². The number of ether oxygens (including phenoxy) is 3. The molecule has 0 N–H and O–H groups in total. The van der Waals surface area contributed by atoms with Crippen LogP contribution in [-0.4, -0.2) is 32.6 Å². The summed E-state index contributed by atoms with van der Waals surface area (Å²) in [6, 6.07) is 19.2. The van der Waals surface area contributed by atoms with E-state index in [2.05, 4.69) is 12.1 Å². The Morgan fingerprint density at radius 2 is 1.71 bits per heavy atom. The van der Waals surface area contributed by atoms with Crippen LogP contribution in [0.15, 0.2) is 66.7 Å². The average Bonchev–Trinajstić information content (AvgIpc) is 3.18. The zero-order valence-corrected chi connectivity index (χ0v) is 17.4. The molecule has 3 aromatic rings. The maximum Gasteiger partial charge on any atom is 0.331 e. The molecule has 0 fully saturated rings. The van der Waals surface area contributed by atoms with Crippen LogP contribution in [0.3, 0.4) is 0 Å². The van der Waals surface area contributed by atoms with Gasteiger partial charge in [-0.2, -0.15) is 0 Å². The van der Waals surface area contributed by atoms with Crippen molar-refractivity contribution < 1.29 is 23.8 Å². The van der Waals surface area contributed by atoms with E-state index in [4.69, 9.17) is 14.2 Å². The van der Waals surface area contributed by atoms with Crippen molar-refractivity contribution in [1.29, 1.82) is 0 Å². The van der Waals surface area contributed by atoms with Gasteiger partial charge in [0.15, 0.2) is 23.9 Å². The van der Waals surface area contributed by atoms with Gasteiger partial charge in [-0.25, -0.2) is 4.79 Å². The first-order valence-electron chi connectivity index (χ1n) is 9.91. The highest BCUT2D eigenvalue weighted by Crippen LogP contribution is 2.37. The number of hydrogen-bond donors (Lipinski definition) is 0. The van der Waals surface area contributed by atoms with Crippen molar-refractivity contribution >= 4 is 17.8 Å². The molecule has 0 bridgehead atoms. The minimum Gasteiger partial charge on any atom is -0.493 e. The molecular formula is C26H22O5. The van der Waals surface area contributed by atoms with Crippen molar-refractivity contribution in [3.05, 3.63) is 89.0 Å². The number of fused-ring (bicyclic) bond motifs is 3. The predicted molar refractivity (Wildman–Crippen MR) is 119 cm³/mol. The van der Waals surface area contributed by atoms with Gasteiger partial charge in [-0.3, -0.25) is 4.79 Å². The Labute approximate surface area is 180 Å². The molecule has 0 amide bonds. The Morgan fingerprint density at radius 3 is 2.52 bits per heavy atom. The molecule has 5 nitrogen and oxygen atoms in total. The number of rotatable bonds is 7. The van der Waals surface area contributed by atoms with E-state index in [1.807, 2.05) is 24.3 Å². The Hall–Kier alpha value is -3.86. The first-order chi connectivity index (χ1) is 15.1. The van der Waals surface area contributed by atoms with Crippen molar-refractivity contribution in [2.24, 2.45) is 0 Å². The Kier molecular flexibility index (Phi) is 5.85. The van der Waals surface area contributed by atoms with Crippen molar-refractivity contribution in [2.75, 3.05) is 20.8 Å². The normalized spacial score (nSPS) is 11.7. The van der Waals surface area contributed by atoms with Gasteiger partial charge in [0.25, 0.3) is 0 Å². The molecule has 0 radical (unpaired) electrons. The van der Waals surface area contributed by atoms with Crippen LogP contribution in [-0.2, 0) is 16.0 Å². The molecule has 1 aliphatic carbocycles. The maximum atomic E-state index is 12.6. The Morgan fingerprint density at radius 1 is 0.903 bits per heavy atom. The molecule has 156 valence electrons. The lowest BCUT2D eigenvalue weighted by Crippen LogP contribution is -2.12. The van der Waals surface area contributed by atoms with E-state index in [1.165, 1.54) is 24.3 Å². The first-order valence-corrected chi connectivity index (χ1v) is 9.91. The SMILES string of the molecule is COc1cccc(C=CC(=O)OCC(=O)c2ccc3c(c2)-c2ccccc2C3)c1OC. The van der Waals surface area contributed by atoms with Gasteiger partial charge in [-0.05, 0) is 46.9 Å². The predicted octanol–water partition coefficient (Wildman–Crippen LogP) is 4.71. The molecule has 31 heavy (non-hydrogen) atoms. The lowest BCUT2D eigenvalue weighted by molar-refractivity contribution is -0.136. The third-order valence-electron chi connectivity index (χ3n) is 5.30. The van der Waals surface area contributed by atoms with Crippen LogP contribution in [0.2, 0.25) is 0 Å². The summed E-state index contributed by atoms with van der Waals surface area (Å²) >= 11 is 0. The minimum atomic E-state index is -0.607. The molecular weight excluding hydrogens is 392 g/mol. The number of para-hydroxylation sites is 1. The average molecular weight is 414 g/mol. The van der Waals surface area contributed by atoms with E-state index >= 15 is 0 Å². The van der Waals surface area contributed by atoms with Crippen LogP contribution in [0.25, 0.3) is 17.2 Å². The van der Waals surface area contributed by atoms with Crippen LogP contribution >= 0.6 is 0 Å². The molecule has 4 rings (SSSR count). The van der Waals surface area contributed by atoms with Crippen LogP contribution in [0.5, 0.6) is 11.5 Å². The van der Waals surface area contributed by atoms with Crippen LogP contribution in [0, 0.1) is 0 Å². The summed E-state index contributed by atoms with van der Waals surface area (Å²) in [7, 11) is 3.07. The molecule has 0 aromatic heterocycles. The second kappa shape index (κ2) is 8.88. The van der Waals surface area contributed by atoms with Gasteiger partial charge in [0.05, 0.1) is 14.2 Å². The standard InChI is InChI=1S/C26H22O5/c1-29-24-9-5-7-17(26(24)30-2)12-13-25(28)31-16-23(27)20-11-10-19-14-18-6-3-4-8-21(18)22(19)15-20/h3-13,15H,14,16H2,1-2H3. The molecule has 0 aliphatic heterocycles. The fraction of sp³-hybridized carbons (Fsp3) is 0.154. The van der Waals surface area contributed by atoms with Crippen molar-refractivity contribution in [1.82, 2.24) is 0 Å². The van der Waals surface area contributed by atoms with Gasteiger partial charge in [0, 0.05) is 17.2 Å². The summed E-state index contributed by atoms with van der Waals surface area (Å²) in [6.45, 7) is -0.321. The summed E-state index contributed by atoms with van der Waals surface area (Å²) in [6.07, 6.45) is 3.71. The summed E-state index contributed by atoms with van der Waals surface area (Å²) in [5, 5.41) is 0. The van der Waals surface area contributed by atoms with Gasteiger partial charge in [-0.1, -0.05) is 48.5 Å². The number of Topliss-reactive ketones (excluding diaryl/α,β-unsaturated/α-hetero) is 1. The number of hydrogen-bond acceptors (Lipinski definition) is 5. The maximum absolute atomic E-state index is 12.6. The molecule has 0 saturated carbocycles. The van der Waals surface area contributed by atoms with Gasteiger partial charge in [-0.15, -0.1) is 0 Å². The van der Waals surface area contributed by atoms with Gasteiger partial charge in [0.1, 0.15) is 0 Å². The number of carbonyl (C=O) groups is 2. The summed E-state index contributed by atoms with van der Waals surface area (Å²) in [4.78, 5) is 24.7. The zero-order valence-electron chi connectivity index (χ0n) is 17.4. The topological polar surface area (TPSA) is 61.8 Å². The fourth-order valence-corrected chi connectivity index (χ4v) is 3.77. The summed E-state index contributed by atoms with van der Waals surface area (Å²) in [5.74, 6) is 0.229. The smallest absolute Gasteiger partial charge is 0.331 e. The first kappa shape index (κ1) is 20.4. The second-order valence-electron chi connectivity index (χ2n) is 7.15. The number of methoxy groups -OCH3 is 2. The molecule has 1 aliphatic rings. The third kappa shape index (κ3) is 4.21. The Balaban J connectivity index is 1.41. The van der Waals surface area contributed by atoms with E-state index in [1.54, 1.807) is 37.5 Å². The van der Waals surface area contributed by atoms with Crippen LogP contribution in [0.1, 0.15) is 27.0 Å². The molecule has 5 heteroatoms. The highest BCUT2D eigenvalue weighted by molar-refractivity contribution is 6.00. The summed E-state index contributed by atoms with van der Waals surface area (Å²) < 4.78 is 15.7. The van der Waals surface area contributed by atoms with Crippen molar-refractivity contribution in [2.45, 2.75) is 6.42 Å². The van der Waals surface area contributed by atoms with Crippen molar-refractivity contribution in [3.8, 4) is 22.6 Å². The van der Waals surface area contributed by atoms with Crippen LogP contribution < -0.4 is 9.47 Å². The highest BCUT2D eigenvalue weighted by atomic mass is 16.5. The van der Waals surface area contributed by atoms with E-state index in [0.717, 1.165) is 17.5 Å². The summed E-state index contributed by atoms with van der Waals surface area (Å²) in [5.41, 5.74) is 5.87. The quantitative estimate of drug-likeness (QED) is 0.249. The largest absolute Gasteiger partial charge is 0.493 e. The number of benzene rings is 3. The lowest BCUT2D eigenvalue weighted by Gasteiger charge is -2.09. The number of carbonyl (C=O) groups excluding carboxylic acids is 2. The van der Waals surface area contributed by atoms with E-state index in [9.17, 15) is 9.59 Å². The van der Waals surface area contributed by atoms with Crippen LogP contribution in [0.4, 0.5) is 0 Å².